The molecule has 0 radical (unpaired) electrons. The van der Waals surface area contributed by atoms with E-state index in [2.05, 4.69) is 35.3 Å². The fourth-order valence-electron chi connectivity index (χ4n) is 4.63. The van der Waals surface area contributed by atoms with Gasteiger partial charge in [-0.05, 0) is 63.3 Å². The van der Waals surface area contributed by atoms with Crippen molar-refractivity contribution in [2.24, 2.45) is 0 Å². The zero-order chi connectivity index (χ0) is 26.3. The molecule has 11 nitrogen and oxygen atoms in total. The second kappa shape index (κ2) is 9.42. The largest absolute Gasteiger partial charge is 0.493 e. The predicted molar refractivity (Wildman–Crippen MR) is 142 cm³/mol. The molecule has 38 heavy (non-hydrogen) atoms. The van der Waals surface area contributed by atoms with E-state index in [4.69, 9.17) is 14.2 Å². The van der Waals surface area contributed by atoms with Crippen molar-refractivity contribution in [3.8, 4) is 23.1 Å². The van der Waals surface area contributed by atoms with Crippen LogP contribution in [-0.4, -0.2) is 61.4 Å². The first-order valence-corrected chi connectivity index (χ1v) is 12.3. The van der Waals surface area contributed by atoms with Gasteiger partial charge in [0, 0.05) is 24.6 Å². The minimum absolute atomic E-state index is 0.381. The summed E-state index contributed by atoms with van der Waals surface area (Å²) < 4.78 is 20.0. The van der Waals surface area contributed by atoms with Crippen LogP contribution in [0.3, 0.4) is 0 Å². The van der Waals surface area contributed by atoms with E-state index in [1.807, 2.05) is 51.4 Å². The summed E-state index contributed by atoms with van der Waals surface area (Å²) in [6.07, 6.45) is 7.58. The summed E-state index contributed by atoms with van der Waals surface area (Å²) in [6.45, 7) is 1.98. The molecule has 3 aromatic heterocycles. The molecule has 2 aromatic carbocycles. The molecule has 0 aliphatic heterocycles. The van der Waals surface area contributed by atoms with Crippen molar-refractivity contribution in [1.29, 1.82) is 0 Å². The number of rotatable bonds is 8. The molecule has 0 unspecified atom stereocenters. The minimum atomic E-state index is -0.381. The molecule has 1 saturated carbocycles. The highest BCUT2D eigenvalue weighted by Gasteiger charge is 2.43. The first kappa shape index (κ1) is 23.9. The molecule has 6 rings (SSSR count). The zero-order valence-electron chi connectivity index (χ0n) is 21.7. The van der Waals surface area contributed by atoms with E-state index in [1.165, 1.54) is 6.33 Å². The number of hydrogen-bond donors (Lipinski definition) is 1. The van der Waals surface area contributed by atoms with Crippen LogP contribution in [0.5, 0.6) is 23.1 Å². The second-order valence-electron chi connectivity index (χ2n) is 9.51. The van der Waals surface area contributed by atoms with Crippen LogP contribution in [-0.2, 0) is 0 Å². The molecule has 1 fully saturated rings. The average molecular weight is 513 g/mol. The van der Waals surface area contributed by atoms with E-state index in [9.17, 15) is 0 Å². The van der Waals surface area contributed by atoms with Crippen LogP contribution in [0.4, 0.5) is 11.5 Å². The SMILES string of the molecule is COc1ccc2ncnc(Nc3ccc(Oc4cc5ncnn5cn4)c(C)c3)c2c1OC1(N(C)C)CCC1. The van der Waals surface area contributed by atoms with E-state index in [-0.39, 0.29) is 5.72 Å². The van der Waals surface area contributed by atoms with Gasteiger partial charge in [0.2, 0.25) is 5.88 Å². The molecule has 0 bridgehead atoms. The standard InChI is InChI=1S/C27H28N8O3/c1-17-12-18(6-8-20(17)37-23-13-22-29-15-32-35(22)16-31-23)33-26-24-19(28-14-30-26)7-9-21(36-4)25(24)38-27(34(2)3)10-5-11-27/h6-9,12-16H,5,10-11H2,1-4H3,(H,28,30,33). The van der Waals surface area contributed by atoms with Crippen LogP contribution in [0.25, 0.3) is 16.6 Å². The lowest BCUT2D eigenvalue weighted by Crippen LogP contribution is -2.54. The smallest absolute Gasteiger partial charge is 0.224 e. The van der Waals surface area contributed by atoms with Gasteiger partial charge in [0.05, 0.1) is 18.0 Å². The van der Waals surface area contributed by atoms with Gasteiger partial charge < -0.3 is 19.5 Å². The topological polar surface area (TPSA) is 112 Å². The molecule has 5 aromatic rings. The van der Waals surface area contributed by atoms with Crippen LogP contribution >= 0.6 is 0 Å². The normalized spacial score (nSPS) is 14.4. The number of methoxy groups -OCH3 is 1. The Kier molecular flexibility index (Phi) is 5.91. The van der Waals surface area contributed by atoms with Gasteiger partial charge in [-0.2, -0.15) is 5.10 Å². The third kappa shape index (κ3) is 4.20. The van der Waals surface area contributed by atoms with Crippen molar-refractivity contribution in [2.45, 2.75) is 31.9 Å². The number of nitrogens with one attached hydrogen (secondary N) is 1. The van der Waals surface area contributed by atoms with Gasteiger partial charge in [0.25, 0.3) is 0 Å². The molecule has 1 aliphatic rings. The van der Waals surface area contributed by atoms with Gasteiger partial charge in [0.15, 0.2) is 22.9 Å². The summed E-state index contributed by atoms with van der Waals surface area (Å²) in [5.74, 6) is 3.02. The van der Waals surface area contributed by atoms with Crippen molar-refractivity contribution in [2.75, 3.05) is 26.5 Å². The number of nitrogens with zero attached hydrogens (tertiary/aromatic N) is 7. The van der Waals surface area contributed by atoms with Gasteiger partial charge in [-0.3, -0.25) is 4.90 Å². The molecule has 0 saturated heterocycles. The van der Waals surface area contributed by atoms with Crippen molar-refractivity contribution < 1.29 is 14.2 Å². The van der Waals surface area contributed by atoms with Crippen LogP contribution in [0.1, 0.15) is 24.8 Å². The highest BCUT2D eigenvalue weighted by atomic mass is 16.5. The molecule has 0 atom stereocenters. The maximum Gasteiger partial charge on any atom is 0.224 e. The van der Waals surface area contributed by atoms with E-state index < -0.39 is 0 Å². The predicted octanol–water partition coefficient (Wildman–Crippen LogP) is 4.74. The molecular formula is C27H28N8O3. The van der Waals surface area contributed by atoms with Crippen LogP contribution in [0, 0.1) is 6.92 Å². The fraction of sp³-hybridized carbons (Fsp3) is 0.296. The van der Waals surface area contributed by atoms with Crippen molar-refractivity contribution in [1.82, 2.24) is 34.4 Å². The van der Waals surface area contributed by atoms with E-state index in [1.54, 1.807) is 30.3 Å². The number of benzene rings is 2. The number of anilines is 2. The minimum Gasteiger partial charge on any atom is -0.493 e. The number of hydrogen-bond acceptors (Lipinski definition) is 10. The summed E-state index contributed by atoms with van der Waals surface area (Å²) >= 11 is 0. The first-order chi connectivity index (χ1) is 18.5. The Bertz CT molecular complexity index is 1630. The number of aromatic nitrogens is 6. The lowest BCUT2D eigenvalue weighted by Gasteiger charge is -2.46. The maximum atomic E-state index is 6.69. The Morgan fingerprint density at radius 2 is 1.82 bits per heavy atom. The summed E-state index contributed by atoms with van der Waals surface area (Å²) in [5.41, 5.74) is 2.81. The van der Waals surface area contributed by atoms with Gasteiger partial charge in [-0.15, -0.1) is 0 Å². The third-order valence-corrected chi connectivity index (χ3v) is 6.98. The molecule has 0 spiro atoms. The van der Waals surface area contributed by atoms with Gasteiger partial charge >= 0.3 is 0 Å². The Balaban J connectivity index is 1.32. The molecule has 0 amide bonds. The second-order valence-corrected chi connectivity index (χ2v) is 9.51. The monoisotopic (exact) mass is 512 g/mol. The first-order valence-electron chi connectivity index (χ1n) is 12.3. The lowest BCUT2D eigenvalue weighted by molar-refractivity contribution is -0.117. The Morgan fingerprint density at radius 1 is 0.974 bits per heavy atom. The molecule has 3 heterocycles. The quantitative estimate of drug-likeness (QED) is 0.293. The van der Waals surface area contributed by atoms with E-state index in [0.29, 0.717) is 34.6 Å². The maximum absolute atomic E-state index is 6.69. The zero-order valence-corrected chi connectivity index (χ0v) is 21.7. The Morgan fingerprint density at radius 3 is 2.55 bits per heavy atom. The lowest BCUT2D eigenvalue weighted by atomic mass is 9.87. The molecule has 1 aliphatic carbocycles. The Labute approximate surface area is 219 Å². The van der Waals surface area contributed by atoms with Crippen LogP contribution < -0.4 is 19.5 Å². The van der Waals surface area contributed by atoms with E-state index in [0.717, 1.165) is 41.4 Å². The highest BCUT2D eigenvalue weighted by Crippen LogP contribution is 2.46. The van der Waals surface area contributed by atoms with Crippen LogP contribution in [0.2, 0.25) is 0 Å². The summed E-state index contributed by atoms with van der Waals surface area (Å²) in [4.78, 5) is 19.7. The molecule has 11 heteroatoms. The summed E-state index contributed by atoms with van der Waals surface area (Å²) in [7, 11) is 5.72. The number of fused-ring (bicyclic) bond motifs is 2. The van der Waals surface area contributed by atoms with Gasteiger partial charge in [0.1, 0.15) is 30.5 Å². The molecule has 194 valence electrons. The summed E-state index contributed by atoms with van der Waals surface area (Å²) in [5, 5.41) is 8.28. The molecule has 1 N–H and O–H groups in total. The van der Waals surface area contributed by atoms with Crippen molar-refractivity contribution in [3.05, 3.63) is 60.9 Å². The van der Waals surface area contributed by atoms with Crippen molar-refractivity contribution >= 4 is 28.1 Å². The molecular weight excluding hydrogens is 484 g/mol. The van der Waals surface area contributed by atoms with Gasteiger partial charge in [-0.1, -0.05) is 0 Å². The number of aryl methyl sites for hydroxylation is 1. The van der Waals surface area contributed by atoms with Crippen molar-refractivity contribution in [3.63, 3.8) is 0 Å². The van der Waals surface area contributed by atoms with Gasteiger partial charge in [-0.25, -0.2) is 24.5 Å². The van der Waals surface area contributed by atoms with E-state index >= 15 is 0 Å². The highest BCUT2D eigenvalue weighted by molar-refractivity contribution is 5.97. The Hall–Kier alpha value is -4.51. The average Bonchev–Trinajstić information content (AvgIpc) is 3.35. The van der Waals surface area contributed by atoms with Crippen LogP contribution in [0.15, 0.2) is 55.4 Å². The third-order valence-electron chi connectivity index (χ3n) is 6.98. The summed E-state index contributed by atoms with van der Waals surface area (Å²) in [6, 6.07) is 11.4. The number of ether oxygens (including phenoxy) is 3. The fourth-order valence-corrected chi connectivity index (χ4v) is 4.63.